The number of likely N-dealkylation sites (tertiary alicyclic amines) is 1. The van der Waals surface area contributed by atoms with E-state index in [0.29, 0.717) is 18.7 Å². The largest absolute Gasteiger partial charge is 0.493 e. The third kappa shape index (κ3) is 2.87. The van der Waals surface area contributed by atoms with Crippen molar-refractivity contribution < 1.29 is 24.0 Å². The van der Waals surface area contributed by atoms with Gasteiger partial charge in [0.25, 0.3) is 5.91 Å². The molecule has 27 heavy (non-hydrogen) atoms. The second kappa shape index (κ2) is 6.40. The van der Waals surface area contributed by atoms with E-state index >= 15 is 0 Å². The van der Waals surface area contributed by atoms with E-state index in [2.05, 4.69) is 5.16 Å². The summed E-state index contributed by atoms with van der Waals surface area (Å²) in [4.78, 5) is 26.7. The van der Waals surface area contributed by atoms with Crippen LogP contribution in [0.4, 0.5) is 0 Å². The summed E-state index contributed by atoms with van der Waals surface area (Å²) in [6.45, 7) is 4.64. The molecule has 7 nitrogen and oxygen atoms in total. The van der Waals surface area contributed by atoms with Crippen LogP contribution in [0.3, 0.4) is 0 Å². The topological polar surface area (TPSA) is 92.9 Å². The first-order valence-corrected chi connectivity index (χ1v) is 9.10. The van der Waals surface area contributed by atoms with Crippen LogP contribution < -0.4 is 4.74 Å². The molecular weight excluding hydrogens is 348 g/mol. The number of benzene rings is 1. The van der Waals surface area contributed by atoms with Crippen molar-refractivity contribution in [3.05, 3.63) is 47.3 Å². The third-order valence-electron chi connectivity index (χ3n) is 5.66. The van der Waals surface area contributed by atoms with Crippen LogP contribution in [0.15, 0.2) is 34.9 Å². The molecule has 0 radical (unpaired) electrons. The molecule has 2 aromatic rings. The van der Waals surface area contributed by atoms with E-state index in [4.69, 9.17) is 9.26 Å². The van der Waals surface area contributed by atoms with Gasteiger partial charge in [0.1, 0.15) is 5.75 Å². The summed E-state index contributed by atoms with van der Waals surface area (Å²) < 4.78 is 11.1. The van der Waals surface area contributed by atoms with Gasteiger partial charge in [-0.2, -0.15) is 0 Å². The lowest BCUT2D eigenvalue weighted by Gasteiger charge is -2.27. The maximum absolute atomic E-state index is 12.9. The van der Waals surface area contributed by atoms with Gasteiger partial charge in [0.15, 0.2) is 0 Å². The molecule has 7 heteroatoms. The van der Waals surface area contributed by atoms with Crippen molar-refractivity contribution >= 4 is 11.9 Å². The monoisotopic (exact) mass is 370 g/mol. The first-order chi connectivity index (χ1) is 12.9. The van der Waals surface area contributed by atoms with Gasteiger partial charge in [0, 0.05) is 25.1 Å². The fraction of sp³-hybridized carbons (Fsp3) is 0.450. The molecule has 0 spiro atoms. The predicted molar refractivity (Wildman–Crippen MR) is 95.7 cm³/mol. The van der Waals surface area contributed by atoms with E-state index in [1.54, 1.807) is 11.0 Å². The van der Waals surface area contributed by atoms with Crippen LogP contribution in [0.1, 0.15) is 41.6 Å². The maximum Gasteiger partial charge on any atom is 0.312 e. The lowest BCUT2D eigenvalue weighted by Crippen LogP contribution is -2.42. The van der Waals surface area contributed by atoms with Crippen LogP contribution in [0.5, 0.6) is 5.75 Å². The second-order valence-electron chi connectivity index (χ2n) is 7.71. The zero-order valence-corrected chi connectivity index (χ0v) is 15.3. The Hall–Kier alpha value is -2.83. The average Bonchev–Trinajstić information content (AvgIpc) is 3.24. The van der Waals surface area contributed by atoms with Crippen molar-refractivity contribution in [2.75, 3.05) is 19.7 Å². The molecule has 4 rings (SSSR count). The summed E-state index contributed by atoms with van der Waals surface area (Å²) in [5.74, 6) is -0.492. The Morgan fingerprint density at radius 1 is 1.33 bits per heavy atom. The minimum atomic E-state index is -1.07. The van der Waals surface area contributed by atoms with E-state index in [1.165, 1.54) is 0 Å². The molecule has 0 bridgehead atoms. The Morgan fingerprint density at radius 2 is 2.11 bits per heavy atom. The summed E-state index contributed by atoms with van der Waals surface area (Å²) in [6, 6.07) is 9.13. The van der Waals surface area contributed by atoms with Crippen molar-refractivity contribution in [2.24, 2.45) is 11.3 Å². The maximum atomic E-state index is 12.9. The van der Waals surface area contributed by atoms with E-state index in [0.717, 1.165) is 11.3 Å². The number of aliphatic carboxylic acids is 1. The highest BCUT2D eigenvalue weighted by atomic mass is 16.5. The molecule has 2 aliphatic heterocycles. The molecule has 3 heterocycles. The molecule has 0 aliphatic carbocycles. The number of hydrogen-bond acceptors (Lipinski definition) is 5. The quantitative estimate of drug-likeness (QED) is 0.893. The lowest BCUT2D eigenvalue weighted by molar-refractivity contribution is -0.150. The predicted octanol–water partition coefficient (Wildman–Crippen LogP) is 2.58. The minimum Gasteiger partial charge on any atom is -0.493 e. The van der Waals surface area contributed by atoms with Gasteiger partial charge in [-0.05, 0) is 24.0 Å². The van der Waals surface area contributed by atoms with Gasteiger partial charge in [-0.3, -0.25) is 9.59 Å². The van der Waals surface area contributed by atoms with Gasteiger partial charge in [0.2, 0.25) is 5.76 Å². The van der Waals surface area contributed by atoms with Gasteiger partial charge in [-0.15, -0.1) is 0 Å². The van der Waals surface area contributed by atoms with E-state index in [-0.39, 0.29) is 36.7 Å². The number of carboxylic acids is 1. The number of fused-ring (bicyclic) bond motifs is 2. The number of ether oxygens (including phenoxy) is 1. The van der Waals surface area contributed by atoms with Crippen LogP contribution in [0, 0.1) is 11.3 Å². The van der Waals surface area contributed by atoms with Crippen molar-refractivity contribution in [3.8, 4) is 5.75 Å². The highest BCUT2D eigenvalue weighted by Gasteiger charge is 2.55. The van der Waals surface area contributed by atoms with Crippen LogP contribution in [-0.2, 0) is 11.2 Å². The Morgan fingerprint density at radius 3 is 2.81 bits per heavy atom. The summed E-state index contributed by atoms with van der Waals surface area (Å²) in [5.41, 5.74) is 0.499. The summed E-state index contributed by atoms with van der Waals surface area (Å²) in [7, 11) is 0. The second-order valence-corrected chi connectivity index (χ2v) is 7.71. The summed E-state index contributed by atoms with van der Waals surface area (Å²) in [6.07, 6.45) is 0.334. The minimum absolute atomic E-state index is 0.126. The number of rotatable bonds is 3. The van der Waals surface area contributed by atoms with E-state index in [1.807, 2.05) is 38.1 Å². The molecule has 1 aromatic carbocycles. The first kappa shape index (κ1) is 17.6. The molecular formula is C20H22N2O5. The van der Waals surface area contributed by atoms with E-state index < -0.39 is 11.4 Å². The Labute approximate surface area is 156 Å². The van der Waals surface area contributed by atoms with Crippen LogP contribution >= 0.6 is 0 Å². The van der Waals surface area contributed by atoms with Gasteiger partial charge in [-0.1, -0.05) is 37.2 Å². The number of hydrogen-bond donors (Lipinski definition) is 1. The number of carbonyl (C=O) groups is 2. The zero-order chi connectivity index (χ0) is 19.2. The first-order valence-electron chi connectivity index (χ1n) is 9.10. The molecule has 2 aliphatic rings. The van der Waals surface area contributed by atoms with Gasteiger partial charge in [-0.25, -0.2) is 0 Å². The number of para-hydroxylation sites is 1. The standard InChI is InChI=1S/C20H22N2O5/c1-12(2)15-7-17(27-21-15)18(23)22-9-14-10-26-16-6-4-3-5-13(16)8-20(14,11-22)19(24)25/h3-7,12,14H,8-11H2,1-2H3,(H,24,25)/t14-,20+/m1/s1. The number of carboxylic acid groups (broad SMARTS) is 1. The third-order valence-corrected chi connectivity index (χ3v) is 5.66. The smallest absolute Gasteiger partial charge is 0.312 e. The Bertz CT molecular complexity index is 890. The SMILES string of the molecule is CC(C)c1cc(C(=O)N2C[C@@H]3COc4ccccc4C[C@]3(C(=O)O)C2)on1. The molecule has 0 saturated carbocycles. The summed E-state index contributed by atoms with van der Waals surface area (Å²) >= 11 is 0. The van der Waals surface area contributed by atoms with Crippen molar-refractivity contribution in [3.63, 3.8) is 0 Å². The molecule has 1 fully saturated rings. The van der Waals surface area contributed by atoms with Gasteiger partial charge >= 0.3 is 5.97 Å². The molecule has 2 atom stereocenters. The Kier molecular flexibility index (Phi) is 4.17. The van der Waals surface area contributed by atoms with Crippen LogP contribution in [0.2, 0.25) is 0 Å². The van der Waals surface area contributed by atoms with Crippen molar-refractivity contribution in [2.45, 2.75) is 26.2 Å². The van der Waals surface area contributed by atoms with Crippen molar-refractivity contribution in [1.29, 1.82) is 0 Å². The molecule has 1 amide bonds. The van der Waals surface area contributed by atoms with E-state index in [9.17, 15) is 14.7 Å². The molecule has 142 valence electrons. The van der Waals surface area contributed by atoms with Gasteiger partial charge < -0.3 is 19.3 Å². The number of aromatic nitrogens is 1. The number of nitrogens with zero attached hydrogens (tertiary/aromatic N) is 2. The molecule has 1 aromatic heterocycles. The zero-order valence-electron chi connectivity index (χ0n) is 15.3. The molecule has 1 saturated heterocycles. The lowest BCUT2D eigenvalue weighted by atomic mass is 9.74. The fourth-order valence-corrected chi connectivity index (χ4v) is 4.00. The molecule has 1 N–H and O–H groups in total. The summed E-state index contributed by atoms with van der Waals surface area (Å²) in [5, 5.41) is 14.0. The molecule has 0 unspecified atom stereocenters. The highest BCUT2D eigenvalue weighted by Crippen LogP contribution is 2.44. The van der Waals surface area contributed by atoms with Crippen LogP contribution in [-0.4, -0.2) is 46.7 Å². The Balaban J connectivity index is 1.63. The highest BCUT2D eigenvalue weighted by molar-refractivity contribution is 5.92. The van der Waals surface area contributed by atoms with Crippen LogP contribution in [0.25, 0.3) is 0 Å². The fourth-order valence-electron chi connectivity index (χ4n) is 4.00. The normalized spacial score (nSPS) is 24.1. The van der Waals surface area contributed by atoms with Crippen molar-refractivity contribution in [1.82, 2.24) is 10.1 Å². The number of carbonyl (C=O) groups excluding carboxylic acids is 1. The number of amides is 1. The average molecular weight is 370 g/mol. The van der Waals surface area contributed by atoms with Gasteiger partial charge in [0.05, 0.1) is 17.7 Å².